The number of hydrogen-bond donors (Lipinski definition) is 0. The fourth-order valence-electron chi connectivity index (χ4n) is 3.59. The molecule has 1 aromatic carbocycles. The Morgan fingerprint density at radius 3 is 2.90 bits per heavy atom. The highest BCUT2D eigenvalue weighted by molar-refractivity contribution is 7.98. The lowest BCUT2D eigenvalue weighted by Crippen LogP contribution is -2.23. The number of hydrogen-bond acceptors (Lipinski definition) is 6. The Morgan fingerprint density at radius 2 is 2.14 bits per heavy atom. The molecule has 2 aromatic heterocycles. The largest absolute Gasteiger partial charge is 0.460 e. The van der Waals surface area contributed by atoms with Crippen molar-refractivity contribution >= 4 is 23.4 Å². The second-order valence-corrected chi connectivity index (χ2v) is 8.51. The molecule has 0 bridgehead atoms. The standard InChI is InChI=1S/C21H25ClN4O2S/c1-25(12-18-8-9-19(28-18)15-5-3-6-16(22)11-15)14-20-23-24-21(29-2)26(20)13-17-7-4-10-27-17/h3,5-6,8-9,11,17H,4,7,10,12-14H2,1-2H3/t17-/m0/s1. The third-order valence-corrected chi connectivity index (χ3v) is 5.90. The van der Waals surface area contributed by atoms with Gasteiger partial charge in [0.2, 0.25) is 0 Å². The van der Waals surface area contributed by atoms with Gasteiger partial charge in [0.05, 0.1) is 25.7 Å². The first-order valence-electron chi connectivity index (χ1n) is 9.73. The molecule has 0 radical (unpaired) electrons. The molecule has 4 rings (SSSR count). The highest BCUT2D eigenvalue weighted by Crippen LogP contribution is 2.26. The number of aromatic nitrogens is 3. The summed E-state index contributed by atoms with van der Waals surface area (Å²) >= 11 is 7.71. The molecule has 0 aliphatic carbocycles. The Hall–Kier alpha value is -1.80. The van der Waals surface area contributed by atoms with Gasteiger partial charge in [-0.1, -0.05) is 35.5 Å². The van der Waals surface area contributed by atoms with Crippen LogP contribution in [-0.2, 0) is 24.4 Å². The number of ether oxygens (including phenoxy) is 1. The Kier molecular flexibility index (Phi) is 6.60. The first-order chi connectivity index (χ1) is 14.1. The third-order valence-electron chi connectivity index (χ3n) is 4.99. The van der Waals surface area contributed by atoms with Gasteiger partial charge in [-0.15, -0.1) is 10.2 Å². The summed E-state index contributed by atoms with van der Waals surface area (Å²) in [5.74, 6) is 2.67. The van der Waals surface area contributed by atoms with Crippen LogP contribution in [0.3, 0.4) is 0 Å². The summed E-state index contributed by atoms with van der Waals surface area (Å²) in [4.78, 5) is 2.18. The molecule has 3 heterocycles. The van der Waals surface area contributed by atoms with E-state index < -0.39 is 0 Å². The Morgan fingerprint density at radius 1 is 1.24 bits per heavy atom. The van der Waals surface area contributed by atoms with E-state index in [1.54, 1.807) is 11.8 Å². The number of furan rings is 1. The van der Waals surface area contributed by atoms with Gasteiger partial charge in [0.15, 0.2) is 5.16 Å². The molecule has 8 heteroatoms. The van der Waals surface area contributed by atoms with Crippen LogP contribution in [0.25, 0.3) is 11.3 Å². The molecular weight excluding hydrogens is 408 g/mol. The topological polar surface area (TPSA) is 56.3 Å². The van der Waals surface area contributed by atoms with Gasteiger partial charge in [-0.2, -0.15) is 0 Å². The normalized spacial score (nSPS) is 16.8. The van der Waals surface area contributed by atoms with Gasteiger partial charge in [-0.25, -0.2) is 0 Å². The van der Waals surface area contributed by atoms with E-state index in [4.69, 9.17) is 20.8 Å². The van der Waals surface area contributed by atoms with Crippen LogP contribution in [0.1, 0.15) is 24.4 Å². The molecule has 1 fully saturated rings. The lowest BCUT2D eigenvalue weighted by molar-refractivity contribution is 0.0934. The third kappa shape index (κ3) is 5.04. The molecule has 0 N–H and O–H groups in total. The van der Waals surface area contributed by atoms with Crippen molar-refractivity contribution in [2.24, 2.45) is 0 Å². The molecule has 6 nitrogen and oxygen atoms in total. The number of benzene rings is 1. The van der Waals surface area contributed by atoms with Crippen molar-refractivity contribution < 1.29 is 9.15 Å². The zero-order valence-corrected chi connectivity index (χ0v) is 18.2. The van der Waals surface area contributed by atoms with Gasteiger partial charge in [0.1, 0.15) is 17.3 Å². The van der Waals surface area contributed by atoms with Gasteiger partial charge in [-0.3, -0.25) is 4.90 Å². The zero-order chi connectivity index (χ0) is 20.2. The maximum absolute atomic E-state index is 6.09. The molecule has 29 heavy (non-hydrogen) atoms. The highest BCUT2D eigenvalue weighted by Gasteiger charge is 2.21. The van der Waals surface area contributed by atoms with E-state index in [0.717, 1.165) is 54.1 Å². The predicted molar refractivity (Wildman–Crippen MR) is 115 cm³/mol. The zero-order valence-electron chi connectivity index (χ0n) is 16.7. The molecule has 154 valence electrons. The Balaban J connectivity index is 1.42. The quantitative estimate of drug-likeness (QED) is 0.480. The molecule has 1 saturated heterocycles. The molecule has 0 unspecified atom stereocenters. The van der Waals surface area contributed by atoms with Gasteiger partial charge in [0, 0.05) is 17.2 Å². The summed E-state index contributed by atoms with van der Waals surface area (Å²) in [6.07, 6.45) is 4.51. The average Bonchev–Trinajstić information content (AvgIpc) is 3.45. The second kappa shape index (κ2) is 9.34. The summed E-state index contributed by atoms with van der Waals surface area (Å²) in [6, 6.07) is 11.7. The van der Waals surface area contributed by atoms with Crippen molar-refractivity contribution in [1.82, 2.24) is 19.7 Å². The van der Waals surface area contributed by atoms with E-state index in [2.05, 4.69) is 26.7 Å². The summed E-state index contributed by atoms with van der Waals surface area (Å²) in [6.45, 7) is 3.03. The Labute approximate surface area is 180 Å². The minimum atomic E-state index is 0.256. The van der Waals surface area contributed by atoms with Crippen molar-refractivity contribution in [1.29, 1.82) is 0 Å². The predicted octanol–water partition coefficient (Wildman–Crippen LogP) is 4.72. The van der Waals surface area contributed by atoms with Gasteiger partial charge in [-0.05, 0) is 50.4 Å². The van der Waals surface area contributed by atoms with Gasteiger partial charge >= 0.3 is 0 Å². The summed E-state index contributed by atoms with van der Waals surface area (Å²) in [5, 5.41) is 10.4. The molecule has 3 aromatic rings. The van der Waals surface area contributed by atoms with Crippen molar-refractivity contribution in [3.8, 4) is 11.3 Å². The first-order valence-corrected chi connectivity index (χ1v) is 11.3. The highest BCUT2D eigenvalue weighted by atomic mass is 35.5. The molecule has 0 spiro atoms. The lowest BCUT2D eigenvalue weighted by atomic mass is 10.2. The van der Waals surface area contributed by atoms with E-state index in [1.165, 1.54) is 0 Å². The van der Waals surface area contributed by atoms with Crippen molar-refractivity contribution in [3.63, 3.8) is 0 Å². The van der Waals surface area contributed by atoms with Crippen molar-refractivity contribution in [3.05, 3.63) is 53.0 Å². The van der Waals surface area contributed by atoms with Crippen LogP contribution in [0.4, 0.5) is 0 Å². The molecule has 1 aliphatic rings. The monoisotopic (exact) mass is 432 g/mol. The average molecular weight is 433 g/mol. The van der Waals surface area contributed by atoms with Crippen LogP contribution < -0.4 is 0 Å². The number of nitrogens with zero attached hydrogens (tertiary/aromatic N) is 4. The number of rotatable bonds is 8. The molecule has 1 atom stereocenters. The van der Waals surface area contributed by atoms with E-state index in [0.29, 0.717) is 18.1 Å². The fraction of sp³-hybridized carbons (Fsp3) is 0.429. The molecule has 0 saturated carbocycles. The molecular formula is C21H25ClN4O2S. The van der Waals surface area contributed by atoms with Gasteiger partial charge in [0.25, 0.3) is 0 Å². The van der Waals surface area contributed by atoms with Crippen LogP contribution in [0.5, 0.6) is 0 Å². The van der Waals surface area contributed by atoms with Crippen molar-refractivity contribution in [2.75, 3.05) is 19.9 Å². The van der Waals surface area contributed by atoms with Crippen molar-refractivity contribution in [2.45, 2.75) is 43.7 Å². The summed E-state index contributed by atoms with van der Waals surface area (Å²) in [7, 11) is 2.06. The fourth-order valence-corrected chi connectivity index (χ4v) is 4.30. The summed E-state index contributed by atoms with van der Waals surface area (Å²) in [5.41, 5.74) is 0.979. The molecule has 1 aliphatic heterocycles. The van der Waals surface area contributed by atoms with Crippen LogP contribution in [0.2, 0.25) is 5.02 Å². The minimum absolute atomic E-state index is 0.256. The van der Waals surface area contributed by atoms with Crippen LogP contribution in [0, 0.1) is 0 Å². The second-order valence-electron chi connectivity index (χ2n) is 7.30. The maximum atomic E-state index is 6.09. The number of halogens is 1. The van der Waals surface area contributed by atoms with E-state index in [9.17, 15) is 0 Å². The minimum Gasteiger partial charge on any atom is -0.460 e. The van der Waals surface area contributed by atoms with Crippen LogP contribution >= 0.6 is 23.4 Å². The summed E-state index contributed by atoms with van der Waals surface area (Å²) < 4.78 is 14.0. The Bertz CT molecular complexity index is 952. The van der Waals surface area contributed by atoms with E-state index in [-0.39, 0.29) is 6.10 Å². The maximum Gasteiger partial charge on any atom is 0.191 e. The lowest BCUT2D eigenvalue weighted by Gasteiger charge is -2.18. The smallest absolute Gasteiger partial charge is 0.191 e. The molecule has 0 amide bonds. The number of thioether (sulfide) groups is 1. The first kappa shape index (κ1) is 20.5. The SMILES string of the molecule is CSc1nnc(CN(C)Cc2ccc(-c3cccc(Cl)c3)o2)n1C[C@@H]1CCCO1. The van der Waals surface area contributed by atoms with Gasteiger partial charge < -0.3 is 13.7 Å². The van der Waals surface area contributed by atoms with E-state index >= 15 is 0 Å². The van der Waals surface area contributed by atoms with Crippen LogP contribution in [0.15, 0.2) is 46.0 Å². The van der Waals surface area contributed by atoms with E-state index in [1.807, 2.05) is 42.7 Å². The van der Waals surface area contributed by atoms with Crippen LogP contribution in [-0.4, -0.2) is 45.7 Å².